The van der Waals surface area contributed by atoms with Crippen LogP contribution in [-0.4, -0.2) is 27.6 Å². The van der Waals surface area contributed by atoms with Crippen molar-refractivity contribution in [1.82, 2.24) is 20.4 Å². The molecule has 2 rings (SSSR count). The van der Waals surface area contributed by atoms with Gasteiger partial charge in [-0.15, -0.1) is 0 Å². The molecule has 0 unspecified atom stereocenters. The number of hydrogen-bond acceptors (Lipinski definition) is 7. The summed E-state index contributed by atoms with van der Waals surface area (Å²) in [5, 5.41) is 6.49. The molecule has 0 atom stereocenters. The van der Waals surface area contributed by atoms with E-state index in [-0.39, 0.29) is 5.91 Å². The summed E-state index contributed by atoms with van der Waals surface area (Å²) in [5.41, 5.74) is 2.86. The maximum atomic E-state index is 11.8. The van der Waals surface area contributed by atoms with E-state index in [1.54, 1.807) is 19.1 Å². The monoisotopic (exact) mass is 262 g/mol. The molecule has 0 saturated carbocycles. The smallest absolute Gasteiger partial charge is 0.251 e. The largest absolute Gasteiger partial charge is 0.352 e. The van der Waals surface area contributed by atoms with E-state index in [2.05, 4.69) is 25.9 Å². The number of nitrogens with one attached hydrogen (secondary N) is 2. The van der Waals surface area contributed by atoms with Gasteiger partial charge in [0.25, 0.3) is 5.91 Å². The van der Waals surface area contributed by atoms with Crippen LogP contribution in [0.25, 0.3) is 0 Å². The molecule has 8 nitrogen and oxygen atoms in total. The Morgan fingerprint density at radius 2 is 2.37 bits per heavy atom. The predicted octanol–water partition coefficient (Wildman–Crippen LogP) is 0.0311. The van der Waals surface area contributed by atoms with E-state index < -0.39 is 0 Å². The normalized spacial score (nSPS) is 10.2. The Kier molecular flexibility index (Phi) is 4.04. The third kappa shape index (κ3) is 3.49. The number of aromatic nitrogens is 3. The Balaban J connectivity index is 1.87. The molecule has 2 heterocycles. The molecule has 0 aromatic carbocycles. The molecule has 0 bridgehead atoms. The lowest BCUT2D eigenvalue weighted by molar-refractivity contribution is 0.0954. The Labute approximate surface area is 109 Å². The average molecular weight is 262 g/mol. The standard InChI is InChI=1S/C11H14N6O2/c1-7-15-9(17-19-7)3-5-14-11(18)8-2-4-13-10(6-8)16-12/h2,4,6H,3,5,12H2,1H3,(H,13,16)(H,14,18). The van der Waals surface area contributed by atoms with Crippen LogP contribution in [0.1, 0.15) is 22.1 Å². The average Bonchev–Trinajstić information content (AvgIpc) is 2.84. The molecule has 0 spiro atoms. The summed E-state index contributed by atoms with van der Waals surface area (Å²) >= 11 is 0. The van der Waals surface area contributed by atoms with E-state index in [0.717, 1.165) is 0 Å². The number of carbonyl (C=O) groups is 1. The maximum Gasteiger partial charge on any atom is 0.251 e. The molecule has 8 heteroatoms. The minimum atomic E-state index is -0.209. The van der Waals surface area contributed by atoms with Crippen molar-refractivity contribution < 1.29 is 9.32 Å². The summed E-state index contributed by atoms with van der Waals surface area (Å²) in [5.74, 6) is 6.52. The molecule has 0 fully saturated rings. The number of nitrogens with two attached hydrogens (primary N) is 1. The molecule has 100 valence electrons. The highest BCUT2D eigenvalue weighted by Gasteiger charge is 2.07. The van der Waals surface area contributed by atoms with Crippen LogP contribution in [0.4, 0.5) is 5.82 Å². The number of anilines is 1. The third-order valence-electron chi connectivity index (χ3n) is 2.37. The Hall–Kier alpha value is -2.48. The first-order valence-electron chi connectivity index (χ1n) is 5.69. The number of nitrogens with zero attached hydrogens (tertiary/aromatic N) is 3. The zero-order valence-corrected chi connectivity index (χ0v) is 10.4. The summed E-state index contributed by atoms with van der Waals surface area (Å²) in [6.07, 6.45) is 2.02. The lowest BCUT2D eigenvalue weighted by Gasteiger charge is -2.05. The van der Waals surface area contributed by atoms with Crippen LogP contribution in [0.15, 0.2) is 22.9 Å². The van der Waals surface area contributed by atoms with E-state index >= 15 is 0 Å². The number of hydrogen-bond donors (Lipinski definition) is 3. The number of pyridine rings is 1. The van der Waals surface area contributed by atoms with Gasteiger partial charge in [-0.2, -0.15) is 4.98 Å². The lowest BCUT2D eigenvalue weighted by Crippen LogP contribution is -2.26. The first-order chi connectivity index (χ1) is 9.19. The van der Waals surface area contributed by atoms with Gasteiger partial charge >= 0.3 is 0 Å². The van der Waals surface area contributed by atoms with Gasteiger partial charge < -0.3 is 15.3 Å². The molecule has 0 radical (unpaired) electrons. The van der Waals surface area contributed by atoms with Crippen LogP contribution < -0.4 is 16.6 Å². The van der Waals surface area contributed by atoms with Crippen molar-refractivity contribution in [1.29, 1.82) is 0 Å². The molecule has 2 aromatic heterocycles. The van der Waals surface area contributed by atoms with Crippen LogP contribution in [-0.2, 0) is 6.42 Å². The summed E-state index contributed by atoms with van der Waals surface area (Å²) in [7, 11) is 0. The first kappa shape index (κ1) is 13.0. The predicted molar refractivity (Wildman–Crippen MR) is 67.1 cm³/mol. The summed E-state index contributed by atoms with van der Waals surface area (Å²) in [4.78, 5) is 19.8. The van der Waals surface area contributed by atoms with E-state index in [4.69, 9.17) is 10.4 Å². The second-order valence-electron chi connectivity index (χ2n) is 3.81. The van der Waals surface area contributed by atoms with Crippen molar-refractivity contribution in [2.45, 2.75) is 13.3 Å². The highest BCUT2D eigenvalue weighted by Crippen LogP contribution is 2.05. The van der Waals surface area contributed by atoms with Crippen molar-refractivity contribution in [2.24, 2.45) is 5.84 Å². The van der Waals surface area contributed by atoms with E-state index in [1.165, 1.54) is 6.20 Å². The molecule has 0 aliphatic heterocycles. The fourth-order valence-electron chi connectivity index (χ4n) is 1.48. The molecule has 4 N–H and O–H groups in total. The van der Waals surface area contributed by atoms with Gasteiger partial charge in [0.2, 0.25) is 5.89 Å². The number of carbonyl (C=O) groups excluding carboxylic acids is 1. The first-order valence-corrected chi connectivity index (χ1v) is 5.69. The third-order valence-corrected chi connectivity index (χ3v) is 2.37. The molecular weight excluding hydrogens is 248 g/mol. The van der Waals surface area contributed by atoms with E-state index in [9.17, 15) is 4.79 Å². The second-order valence-corrected chi connectivity index (χ2v) is 3.81. The molecule has 0 saturated heterocycles. The number of amides is 1. The van der Waals surface area contributed by atoms with E-state index in [0.29, 0.717) is 36.1 Å². The van der Waals surface area contributed by atoms with Crippen molar-refractivity contribution in [2.75, 3.05) is 12.0 Å². The number of nitrogen functional groups attached to an aromatic ring is 1. The maximum absolute atomic E-state index is 11.8. The quantitative estimate of drug-likeness (QED) is 0.513. The SMILES string of the molecule is Cc1nc(CCNC(=O)c2ccnc(NN)c2)no1. The molecule has 19 heavy (non-hydrogen) atoms. The minimum Gasteiger partial charge on any atom is -0.352 e. The van der Waals surface area contributed by atoms with Crippen molar-refractivity contribution >= 4 is 11.7 Å². The summed E-state index contributed by atoms with van der Waals surface area (Å²) in [6.45, 7) is 2.14. The van der Waals surface area contributed by atoms with Crippen molar-refractivity contribution in [3.63, 3.8) is 0 Å². The highest BCUT2D eigenvalue weighted by atomic mass is 16.5. The molecule has 0 aliphatic carbocycles. The molecular formula is C11H14N6O2. The molecule has 2 aromatic rings. The fourth-order valence-corrected chi connectivity index (χ4v) is 1.48. The topological polar surface area (TPSA) is 119 Å². The van der Waals surface area contributed by atoms with Gasteiger partial charge in [0.1, 0.15) is 5.82 Å². The van der Waals surface area contributed by atoms with E-state index in [1.807, 2.05) is 0 Å². The Bertz CT molecular complexity index is 568. The van der Waals surface area contributed by atoms with Crippen LogP contribution in [0.3, 0.4) is 0 Å². The highest BCUT2D eigenvalue weighted by molar-refractivity contribution is 5.94. The van der Waals surface area contributed by atoms with Crippen LogP contribution in [0, 0.1) is 6.92 Å². The fraction of sp³-hybridized carbons (Fsp3) is 0.273. The zero-order valence-electron chi connectivity index (χ0n) is 10.4. The second kappa shape index (κ2) is 5.91. The van der Waals surface area contributed by atoms with Crippen molar-refractivity contribution in [3.8, 4) is 0 Å². The summed E-state index contributed by atoms with van der Waals surface area (Å²) in [6, 6.07) is 3.17. The Morgan fingerprint density at radius 1 is 1.53 bits per heavy atom. The minimum absolute atomic E-state index is 0.209. The number of aryl methyl sites for hydroxylation is 1. The molecule has 1 amide bonds. The number of hydrazine groups is 1. The van der Waals surface area contributed by atoms with Gasteiger partial charge in [-0.3, -0.25) is 4.79 Å². The molecule has 0 aliphatic rings. The van der Waals surface area contributed by atoms with Crippen LogP contribution >= 0.6 is 0 Å². The lowest BCUT2D eigenvalue weighted by atomic mass is 10.2. The summed E-state index contributed by atoms with van der Waals surface area (Å²) < 4.78 is 4.83. The van der Waals surface area contributed by atoms with Crippen LogP contribution in [0.5, 0.6) is 0 Å². The van der Waals surface area contributed by atoms with Gasteiger partial charge in [-0.05, 0) is 12.1 Å². The van der Waals surface area contributed by atoms with Crippen molar-refractivity contribution in [3.05, 3.63) is 35.6 Å². The van der Waals surface area contributed by atoms with Gasteiger partial charge in [0, 0.05) is 31.6 Å². The van der Waals surface area contributed by atoms with Gasteiger partial charge in [-0.25, -0.2) is 10.8 Å². The van der Waals surface area contributed by atoms with Gasteiger partial charge in [0.15, 0.2) is 5.82 Å². The number of rotatable bonds is 5. The Morgan fingerprint density at radius 3 is 3.05 bits per heavy atom. The van der Waals surface area contributed by atoms with Crippen LogP contribution in [0.2, 0.25) is 0 Å². The van der Waals surface area contributed by atoms with Gasteiger partial charge in [0.05, 0.1) is 0 Å². The zero-order chi connectivity index (χ0) is 13.7. The van der Waals surface area contributed by atoms with Gasteiger partial charge in [-0.1, -0.05) is 5.16 Å².